The Labute approximate surface area is 359 Å². The van der Waals surface area contributed by atoms with Gasteiger partial charge in [-0.2, -0.15) is 0 Å². The normalized spacial score (nSPS) is 13.5. The zero-order valence-corrected chi connectivity index (χ0v) is 37.5. The molecular formula is C54H62O2Ti. The number of benzene rings is 6. The van der Waals surface area contributed by atoms with Gasteiger partial charge in [0, 0.05) is 22.0 Å². The van der Waals surface area contributed by atoms with E-state index in [4.69, 9.17) is 0 Å². The Kier molecular flexibility index (Phi) is 14.4. The molecule has 0 unspecified atom stereocenters. The van der Waals surface area contributed by atoms with Crippen LogP contribution in [0, 0.1) is 14.9 Å². The molecule has 57 heavy (non-hydrogen) atoms. The van der Waals surface area contributed by atoms with Crippen LogP contribution in [0.1, 0.15) is 126 Å². The number of aromatic hydroxyl groups is 2. The summed E-state index contributed by atoms with van der Waals surface area (Å²) in [6.07, 6.45) is 4.31. The number of hydrogen-bond donors (Lipinski definition) is 2. The Balaban J connectivity index is 0.000000240. The zero-order valence-electron chi connectivity index (χ0n) is 35.9. The van der Waals surface area contributed by atoms with E-state index in [0.717, 1.165) is 59.1 Å². The van der Waals surface area contributed by atoms with E-state index < -0.39 is 0 Å². The molecule has 0 aliphatic heterocycles. The molecule has 0 aromatic heterocycles. The predicted octanol–water partition coefficient (Wildman–Crippen LogP) is 15.4. The van der Waals surface area contributed by atoms with Crippen LogP contribution in [0.25, 0.3) is 44.5 Å². The molecule has 6 aromatic rings. The van der Waals surface area contributed by atoms with E-state index in [2.05, 4.69) is 152 Å². The van der Waals surface area contributed by atoms with Crippen molar-refractivity contribution in [3.63, 3.8) is 0 Å². The van der Waals surface area contributed by atoms with Crippen LogP contribution in [0.5, 0.6) is 11.5 Å². The van der Waals surface area contributed by atoms with Crippen LogP contribution in [0.3, 0.4) is 0 Å². The second kappa shape index (κ2) is 18.1. The van der Waals surface area contributed by atoms with Crippen LogP contribution in [0.4, 0.5) is 0 Å². The van der Waals surface area contributed by atoms with Crippen molar-refractivity contribution in [3.8, 4) is 56.0 Å². The van der Waals surface area contributed by atoms with Crippen LogP contribution < -0.4 is 0 Å². The van der Waals surface area contributed by atoms with Crippen molar-refractivity contribution in [1.29, 1.82) is 0 Å². The summed E-state index contributed by atoms with van der Waals surface area (Å²) in [6.45, 7) is 17.7. The number of para-hydroxylation sites is 2. The number of rotatable bonds is 8. The van der Waals surface area contributed by atoms with Gasteiger partial charge in [-0.25, -0.2) is 0 Å². The molecule has 6 aromatic carbocycles. The fourth-order valence-corrected chi connectivity index (χ4v) is 9.79. The summed E-state index contributed by atoms with van der Waals surface area (Å²) < 4.78 is 0. The smallest absolute Gasteiger partial charge is 0.507 e. The van der Waals surface area contributed by atoms with Gasteiger partial charge in [0.1, 0.15) is 11.5 Å². The van der Waals surface area contributed by atoms with Gasteiger partial charge in [-0.05, 0) is 116 Å². The maximum absolute atomic E-state index is 10.9. The summed E-state index contributed by atoms with van der Waals surface area (Å²) >= 11 is 0. The number of fused-ring (bicyclic) bond motifs is 6. The second-order valence-corrected chi connectivity index (χ2v) is 16.0. The van der Waals surface area contributed by atoms with Crippen LogP contribution >= 0.6 is 0 Å². The van der Waals surface area contributed by atoms with Crippen LogP contribution in [-0.4, -0.2) is 10.2 Å². The minimum absolute atomic E-state index is 0. The van der Waals surface area contributed by atoms with Crippen LogP contribution in [-0.2, 0) is 32.5 Å². The van der Waals surface area contributed by atoms with Gasteiger partial charge in [0.15, 0.2) is 0 Å². The third kappa shape index (κ3) is 7.34. The molecule has 294 valence electrons. The van der Waals surface area contributed by atoms with Crippen molar-refractivity contribution in [3.05, 3.63) is 170 Å². The molecule has 0 radical (unpaired) electrons. The first-order valence-electron chi connectivity index (χ1n) is 20.2. The molecule has 0 saturated heterocycles. The minimum Gasteiger partial charge on any atom is -0.507 e. The summed E-state index contributed by atoms with van der Waals surface area (Å²) in [5.74, 6) is 1.44. The molecule has 2 N–H and O–H groups in total. The topological polar surface area (TPSA) is 40.5 Å². The third-order valence-corrected chi connectivity index (χ3v) is 13.0. The molecule has 2 aliphatic carbocycles. The van der Waals surface area contributed by atoms with Crippen molar-refractivity contribution in [2.24, 2.45) is 0 Å². The molecule has 2 nitrogen and oxygen atoms in total. The molecule has 0 fully saturated rings. The molecule has 0 bridgehead atoms. The van der Waals surface area contributed by atoms with E-state index in [-0.39, 0.29) is 47.4 Å². The van der Waals surface area contributed by atoms with Crippen molar-refractivity contribution in [2.75, 3.05) is 0 Å². The van der Waals surface area contributed by atoms with Gasteiger partial charge in [-0.15, -0.1) is 0 Å². The number of phenols is 2. The summed E-state index contributed by atoms with van der Waals surface area (Å²) in [5.41, 5.74) is 17.3. The fraction of sp³-hybridized carbons (Fsp3) is 0.296. The van der Waals surface area contributed by atoms with E-state index in [1.807, 2.05) is 24.3 Å². The molecule has 0 heterocycles. The molecule has 3 heteroatoms. The SMILES string of the molecule is CCC1(CC)c2ccccc2-c2ccc(-c3cccc(C(C)C)c3O)cc21.CCC1(CC)c2ccccc2-c2ccc(-c3cccc(C(C)C)c3O)cc21.[CH3-].[CH3-].[Ti+2]. The van der Waals surface area contributed by atoms with Crippen molar-refractivity contribution in [1.82, 2.24) is 0 Å². The Bertz CT molecular complexity index is 2160. The molecule has 0 amide bonds. The van der Waals surface area contributed by atoms with Gasteiger partial charge >= 0.3 is 21.7 Å². The van der Waals surface area contributed by atoms with E-state index in [9.17, 15) is 10.2 Å². The van der Waals surface area contributed by atoms with Gasteiger partial charge in [-0.3, -0.25) is 0 Å². The quantitative estimate of drug-likeness (QED) is 0.119. The fourth-order valence-electron chi connectivity index (χ4n) is 9.79. The average molecular weight is 791 g/mol. The molecule has 0 saturated carbocycles. The van der Waals surface area contributed by atoms with Crippen LogP contribution in [0.2, 0.25) is 0 Å². The molecule has 0 atom stereocenters. The zero-order chi connectivity index (χ0) is 38.4. The van der Waals surface area contributed by atoms with Crippen LogP contribution in [0.15, 0.2) is 121 Å². The van der Waals surface area contributed by atoms with E-state index in [1.165, 1.54) is 44.5 Å². The van der Waals surface area contributed by atoms with Gasteiger partial charge in [0.05, 0.1) is 0 Å². The maximum atomic E-state index is 10.9. The Hall–Kier alpha value is -4.37. The Morgan fingerprint density at radius 1 is 0.404 bits per heavy atom. The van der Waals surface area contributed by atoms with E-state index >= 15 is 0 Å². The van der Waals surface area contributed by atoms with Gasteiger partial charge < -0.3 is 25.1 Å². The largest absolute Gasteiger partial charge is 2.00 e. The van der Waals surface area contributed by atoms with Crippen molar-refractivity contribution in [2.45, 2.75) is 104 Å². The monoisotopic (exact) mass is 790 g/mol. The summed E-state index contributed by atoms with van der Waals surface area (Å²) in [7, 11) is 0. The number of phenolic OH excluding ortho intramolecular Hbond substituents is 2. The molecule has 8 rings (SSSR count). The molecule has 0 spiro atoms. The van der Waals surface area contributed by atoms with E-state index in [1.54, 1.807) is 0 Å². The summed E-state index contributed by atoms with van der Waals surface area (Å²) in [6, 6.07) is 43.3. The van der Waals surface area contributed by atoms with Gasteiger partial charge in [0.2, 0.25) is 0 Å². The first-order valence-corrected chi connectivity index (χ1v) is 20.2. The van der Waals surface area contributed by atoms with Gasteiger partial charge in [0.25, 0.3) is 0 Å². The average Bonchev–Trinajstić information content (AvgIpc) is 3.64. The van der Waals surface area contributed by atoms with E-state index in [0.29, 0.717) is 23.3 Å². The minimum atomic E-state index is 0. The Morgan fingerprint density at radius 3 is 1.05 bits per heavy atom. The maximum Gasteiger partial charge on any atom is 2.00 e. The first-order chi connectivity index (χ1) is 26.1. The predicted molar refractivity (Wildman–Crippen MR) is 242 cm³/mol. The third-order valence-electron chi connectivity index (χ3n) is 13.0. The summed E-state index contributed by atoms with van der Waals surface area (Å²) in [4.78, 5) is 0. The number of hydrogen-bond acceptors (Lipinski definition) is 2. The standard InChI is InChI=1S/2C26H28O.2CH3.Ti/c2*1-5-26(6-2)23-13-8-7-10-21(23)22-15-14-18(16-24(22)26)20-12-9-11-19(17(3)4)25(20)27;;;/h2*7-17,27H,5-6H2,1-4H3;2*1H3;/q;;2*-1;+2. The molecule has 2 aliphatic rings. The molecular weight excluding hydrogens is 728 g/mol. The van der Waals surface area contributed by atoms with Crippen molar-refractivity contribution < 1.29 is 31.9 Å². The first kappa shape index (κ1) is 45.3. The van der Waals surface area contributed by atoms with Gasteiger partial charge in [-0.1, -0.05) is 165 Å². The Morgan fingerprint density at radius 2 is 0.719 bits per heavy atom. The summed E-state index contributed by atoms with van der Waals surface area (Å²) in [5, 5.41) is 21.8. The van der Waals surface area contributed by atoms with Crippen molar-refractivity contribution >= 4 is 0 Å². The second-order valence-electron chi connectivity index (χ2n) is 16.0.